The average Bonchev–Trinajstić information content (AvgIpc) is 3.10. The van der Waals surface area contributed by atoms with Crippen LogP contribution >= 0.6 is 0 Å². The van der Waals surface area contributed by atoms with E-state index in [1.165, 1.54) is 0 Å². The van der Waals surface area contributed by atoms with Crippen molar-refractivity contribution < 1.29 is 4.79 Å². The maximum atomic E-state index is 12.4. The molecule has 0 bridgehead atoms. The zero-order valence-electron chi connectivity index (χ0n) is 12.9. The summed E-state index contributed by atoms with van der Waals surface area (Å²) >= 11 is 0. The zero-order chi connectivity index (χ0) is 15.4. The van der Waals surface area contributed by atoms with Crippen molar-refractivity contribution in [3.8, 4) is 5.69 Å². The Morgan fingerprint density at radius 1 is 1.32 bits per heavy atom. The number of carbonyl (C=O) groups is 1. The quantitative estimate of drug-likeness (QED) is 0.933. The van der Waals surface area contributed by atoms with E-state index in [1.54, 1.807) is 6.20 Å². The molecule has 1 aromatic carbocycles. The first kappa shape index (κ1) is 14.8. The Labute approximate surface area is 130 Å². The number of hydrogen-bond acceptors (Lipinski definition) is 3. The smallest absolute Gasteiger partial charge is 0.226 e. The zero-order valence-corrected chi connectivity index (χ0v) is 12.9. The number of nitrogens with zero attached hydrogens (tertiary/aromatic N) is 3. The number of hydrogen-bond donors (Lipinski definition) is 1. The molecular weight excluding hydrogens is 276 g/mol. The van der Waals surface area contributed by atoms with E-state index in [4.69, 9.17) is 0 Å². The van der Waals surface area contributed by atoms with Gasteiger partial charge < -0.3 is 10.2 Å². The first-order chi connectivity index (χ1) is 10.7. The summed E-state index contributed by atoms with van der Waals surface area (Å²) < 4.78 is 1.81. The maximum absolute atomic E-state index is 12.4. The molecule has 1 aliphatic heterocycles. The maximum Gasteiger partial charge on any atom is 0.226 e. The standard InChI is InChI=1S/C17H22N4O/c1-20(15-7-10-18-11-8-15)17(22)13-14-3-5-16(6-4-14)21-12-2-9-19-21/h2-6,9,12,15,18H,7-8,10-11,13H2,1H3. The van der Waals surface area contributed by atoms with Gasteiger partial charge in [0, 0.05) is 25.5 Å². The Morgan fingerprint density at radius 3 is 2.68 bits per heavy atom. The Kier molecular flexibility index (Phi) is 4.53. The first-order valence-electron chi connectivity index (χ1n) is 7.79. The number of carbonyl (C=O) groups excluding carboxylic acids is 1. The Morgan fingerprint density at radius 2 is 2.05 bits per heavy atom. The molecule has 1 aliphatic rings. The Balaban J connectivity index is 1.61. The van der Waals surface area contributed by atoms with Crippen LogP contribution in [-0.2, 0) is 11.2 Å². The Hall–Kier alpha value is -2.14. The van der Waals surface area contributed by atoms with Crippen molar-refractivity contribution in [3.63, 3.8) is 0 Å². The molecule has 2 aromatic rings. The molecule has 1 fully saturated rings. The number of aromatic nitrogens is 2. The van der Waals surface area contributed by atoms with Gasteiger partial charge >= 0.3 is 0 Å². The second kappa shape index (κ2) is 6.75. The van der Waals surface area contributed by atoms with E-state index in [-0.39, 0.29) is 5.91 Å². The van der Waals surface area contributed by atoms with Gasteiger partial charge in [0.05, 0.1) is 12.1 Å². The molecule has 0 spiro atoms. The number of likely N-dealkylation sites (N-methyl/N-ethyl adjacent to an activating group) is 1. The van der Waals surface area contributed by atoms with Crippen molar-refractivity contribution in [2.75, 3.05) is 20.1 Å². The third-order valence-electron chi connectivity index (χ3n) is 4.31. The van der Waals surface area contributed by atoms with Crippen LogP contribution in [0.25, 0.3) is 5.69 Å². The number of rotatable bonds is 4. The molecule has 0 unspecified atom stereocenters. The third kappa shape index (κ3) is 3.36. The first-order valence-corrected chi connectivity index (χ1v) is 7.79. The van der Waals surface area contributed by atoms with Crippen LogP contribution in [0.15, 0.2) is 42.7 Å². The van der Waals surface area contributed by atoms with Gasteiger partial charge in [-0.25, -0.2) is 4.68 Å². The third-order valence-corrected chi connectivity index (χ3v) is 4.31. The van der Waals surface area contributed by atoms with Crippen LogP contribution in [0, 0.1) is 0 Å². The Bertz CT molecular complexity index is 600. The predicted octanol–water partition coefficient (Wildman–Crippen LogP) is 1.63. The monoisotopic (exact) mass is 298 g/mol. The number of amides is 1. The molecule has 1 saturated heterocycles. The van der Waals surface area contributed by atoms with Crippen molar-refractivity contribution in [1.29, 1.82) is 0 Å². The van der Waals surface area contributed by atoms with E-state index in [0.29, 0.717) is 12.5 Å². The van der Waals surface area contributed by atoms with E-state index in [2.05, 4.69) is 10.4 Å². The SMILES string of the molecule is CN(C(=O)Cc1ccc(-n2cccn2)cc1)C1CCNCC1. The lowest BCUT2D eigenvalue weighted by Crippen LogP contribution is -2.44. The van der Waals surface area contributed by atoms with Crippen LogP contribution in [0.2, 0.25) is 0 Å². The highest BCUT2D eigenvalue weighted by Crippen LogP contribution is 2.13. The van der Waals surface area contributed by atoms with Crippen molar-refractivity contribution in [2.45, 2.75) is 25.3 Å². The molecule has 116 valence electrons. The molecule has 1 aromatic heterocycles. The summed E-state index contributed by atoms with van der Waals surface area (Å²) in [7, 11) is 1.93. The van der Waals surface area contributed by atoms with Crippen LogP contribution < -0.4 is 5.32 Å². The molecule has 3 rings (SSSR count). The molecular formula is C17H22N4O. The minimum atomic E-state index is 0.193. The second-order valence-corrected chi connectivity index (χ2v) is 5.78. The molecule has 1 N–H and O–H groups in total. The van der Waals surface area contributed by atoms with Crippen molar-refractivity contribution in [1.82, 2.24) is 20.0 Å². The van der Waals surface area contributed by atoms with Gasteiger partial charge in [0.25, 0.3) is 0 Å². The van der Waals surface area contributed by atoms with Gasteiger partial charge in [0.15, 0.2) is 0 Å². The highest BCUT2D eigenvalue weighted by atomic mass is 16.2. The summed E-state index contributed by atoms with van der Waals surface area (Å²) in [6.45, 7) is 2.00. The van der Waals surface area contributed by atoms with Crippen LogP contribution in [-0.4, -0.2) is 46.8 Å². The van der Waals surface area contributed by atoms with E-state index in [1.807, 2.05) is 53.2 Å². The summed E-state index contributed by atoms with van der Waals surface area (Å²) in [6.07, 6.45) is 6.21. The summed E-state index contributed by atoms with van der Waals surface area (Å²) in [4.78, 5) is 14.3. The fraction of sp³-hybridized carbons (Fsp3) is 0.412. The summed E-state index contributed by atoms with van der Waals surface area (Å²) in [5.41, 5.74) is 2.05. The molecule has 0 aliphatic carbocycles. The lowest BCUT2D eigenvalue weighted by molar-refractivity contribution is -0.131. The molecule has 5 heteroatoms. The van der Waals surface area contributed by atoms with Gasteiger partial charge in [-0.1, -0.05) is 12.1 Å². The van der Waals surface area contributed by atoms with Gasteiger partial charge in [-0.3, -0.25) is 4.79 Å². The predicted molar refractivity (Wildman–Crippen MR) is 85.9 cm³/mol. The molecule has 5 nitrogen and oxygen atoms in total. The van der Waals surface area contributed by atoms with Crippen molar-refractivity contribution in [3.05, 3.63) is 48.3 Å². The highest BCUT2D eigenvalue weighted by molar-refractivity contribution is 5.78. The lowest BCUT2D eigenvalue weighted by atomic mass is 10.0. The second-order valence-electron chi connectivity index (χ2n) is 5.78. The van der Waals surface area contributed by atoms with Gasteiger partial charge in [-0.05, 0) is 49.7 Å². The van der Waals surface area contributed by atoms with E-state index >= 15 is 0 Å². The fourth-order valence-electron chi connectivity index (χ4n) is 2.89. The van der Waals surface area contributed by atoms with Gasteiger partial charge in [0.2, 0.25) is 5.91 Å². The average molecular weight is 298 g/mol. The summed E-state index contributed by atoms with van der Waals surface area (Å²) in [6, 6.07) is 10.3. The van der Waals surface area contributed by atoms with Gasteiger partial charge in [-0.2, -0.15) is 5.10 Å². The normalized spacial score (nSPS) is 15.7. The summed E-state index contributed by atoms with van der Waals surface area (Å²) in [5.74, 6) is 0.193. The molecule has 0 radical (unpaired) electrons. The largest absolute Gasteiger partial charge is 0.342 e. The fourth-order valence-corrected chi connectivity index (χ4v) is 2.89. The number of benzene rings is 1. The highest BCUT2D eigenvalue weighted by Gasteiger charge is 2.21. The van der Waals surface area contributed by atoms with E-state index in [9.17, 15) is 4.79 Å². The van der Waals surface area contributed by atoms with Crippen molar-refractivity contribution in [2.24, 2.45) is 0 Å². The molecule has 0 saturated carbocycles. The van der Waals surface area contributed by atoms with Crippen molar-refractivity contribution >= 4 is 5.91 Å². The molecule has 1 amide bonds. The van der Waals surface area contributed by atoms with E-state index < -0.39 is 0 Å². The molecule has 22 heavy (non-hydrogen) atoms. The molecule has 2 heterocycles. The lowest BCUT2D eigenvalue weighted by Gasteiger charge is -2.31. The minimum Gasteiger partial charge on any atom is -0.342 e. The number of nitrogens with one attached hydrogen (secondary N) is 1. The minimum absolute atomic E-state index is 0.193. The van der Waals surface area contributed by atoms with Gasteiger partial charge in [-0.15, -0.1) is 0 Å². The van der Waals surface area contributed by atoms with Crippen LogP contribution in [0.5, 0.6) is 0 Å². The number of piperidine rings is 1. The van der Waals surface area contributed by atoms with Crippen LogP contribution in [0.3, 0.4) is 0 Å². The summed E-state index contributed by atoms with van der Waals surface area (Å²) in [5, 5.41) is 7.53. The van der Waals surface area contributed by atoms with Crippen LogP contribution in [0.1, 0.15) is 18.4 Å². The van der Waals surface area contributed by atoms with Crippen LogP contribution in [0.4, 0.5) is 0 Å². The topological polar surface area (TPSA) is 50.2 Å². The molecule has 0 atom stereocenters. The van der Waals surface area contributed by atoms with Gasteiger partial charge in [0.1, 0.15) is 0 Å². The van der Waals surface area contributed by atoms with E-state index in [0.717, 1.165) is 37.2 Å².